The average molecular weight is 277 g/mol. The highest BCUT2D eigenvalue weighted by atomic mass is 32.1. The molecule has 0 fully saturated rings. The van der Waals surface area contributed by atoms with E-state index in [1.54, 1.807) is 7.11 Å². The summed E-state index contributed by atoms with van der Waals surface area (Å²) in [7, 11) is 1.60. The summed E-state index contributed by atoms with van der Waals surface area (Å²) in [5.41, 5.74) is -0.131. The van der Waals surface area contributed by atoms with Crippen LogP contribution in [0.5, 0.6) is 0 Å². The molecule has 2 heterocycles. The summed E-state index contributed by atoms with van der Waals surface area (Å²) < 4.78 is 6.46. The summed E-state index contributed by atoms with van der Waals surface area (Å²) in [6.07, 6.45) is 1.41. The number of nitrogens with zero attached hydrogens (tertiary/aromatic N) is 3. The SMILES string of the molecule is CCc1cc2c(=O)n(CC#N)c(CCOC)nc2s1. The molecule has 0 aliphatic heterocycles. The topological polar surface area (TPSA) is 67.9 Å². The Morgan fingerprint density at radius 3 is 3.00 bits per heavy atom. The summed E-state index contributed by atoms with van der Waals surface area (Å²) in [5, 5.41) is 9.46. The molecule has 0 unspecified atom stereocenters. The summed E-state index contributed by atoms with van der Waals surface area (Å²) in [5.74, 6) is 0.616. The van der Waals surface area contributed by atoms with Crippen molar-refractivity contribution in [3.05, 3.63) is 27.1 Å². The first-order valence-corrected chi connectivity index (χ1v) is 6.91. The van der Waals surface area contributed by atoms with E-state index in [-0.39, 0.29) is 12.1 Å². The molecule has 100 valence electrons. The minimum Gasteiger partial charge on any atom is -0.384 e. The van der Waals surface area contributed by atoms with Gasteiger partial charge in [-0.1, -0.05) is 6.92 Å². The standard InChI is InChI=1S/C13H15N3O2S/c1-3-9-8-10-12(19-9)15-11(4-7-18-2)16(6-5-14)13(10)17/h8H,3-4,6-7H2,1-2H3. The molecule has 0 radical (unpaired) electrons. The number of thiophene rings is 1. The van der Waals surface area contributed by atoms with Gasteiger partial charge in [0.05, 0.1) is 18.1 Å². The fourth-order valence-corrected chi connectivity index (χ4v) is 2.88. The number of aryl methyl sites for hydroxylation is 1. The van der Waals surface area contributed by atoms with Crippen molar-refractivity contribution >= 4 is 21.6 Å². The highest BCUT2D eigenvalue weighted by molar-refractivity contribution is 7.18. The molecule has 0 aromatic carbocycles. The Morgan fingerprint density at radius 2 is 2.37 bits per heavy atom. The lowest BCUT2D eigenvalue weighted by Gasteiger charge is -2.08. The van der Waals surface area contributed by atoms with E-state index in [1.807, 2.05) is 19.1 Å². The van der Waals surface area contributed by atoms with E-state index >= 15 is 0 Å². The number of rotatable bonds is 5. The Balaban J connectivity index is 2.61. The maximum atomic E-state index is 12.4. The van der Waals surface area contributed by atoms with E-state index in [0.29, 0.717) is 24.2 Å². The van der Waals surface area contributed by atoms with Gasteiger partial charge in [-0.2, -0.15) is 5.26 Å². The molecule has 0 saturated heterocycles. The van der Waals surface area contributed by atoms with Crippen LogP contribution in [0.2, 0.25) is 0 Å². The molecule has 0 N–H and O–H groups in total. The van der Waals surface area contributed by atoms with E-state index in [2.05, 4.69) is 4.98 Å². The van der Waals surface area contributed by atoms with Gasteiger partial charge in [0.15, 0.2) is 0 Å². The van der Waals surface area contributed by atoms with Crippen molar-refractivity contribution in [2.24, 2.45) is 0 Å². The van der Waals surface area contributed by atoms with Crippen LogP contribution in [0.4, 0.5) is 0 Å². The molecule has 6 heteroatoms. The zero-order valence-electron chi connectivity index (χ0n) is 11.0. The molecule has 0 saturated carbocycles. The van der Waals surface area contributed by atoms with Crippen molar-refractivity contribution in [3.8, 4) is 6.07 Å². The third kappa shape index (κ3) is 2.67. The fraction of sp³-hybridized carbons (Fsp3) is 0.462. The maximum absolute atomic E-state index is 12.4. The van der Waals surface area contributed by atoms with Gasteiger partial charge < -0.3 is 4.74 Å². The fourth-order valence-electron chi connectivity index (χ4n) is 1.90. The van der Waals surface area contributed by atoms with Crippen molar-refractivity contribution in [3.63, 3.8) is 0 Å². The van der Waals surface area contributed by atoms with Crippen molar-refractivity contribution < 1.29 is 4.74 Å². The molecule has 0 aliphatic carbocycles. The Labute approximate surface area is 115 Å². The van der Waals surface area contributed by atoms with Gasteiger partial charge in [0.2, 0.25) is 0 Å². The Kier molecular flexibility index (Phi) is 4.30. The lowest BCUT2D eigenvalue weighted by molar-refractivity contribution is 0.199. The van der Waals surface area contributed by atoms with Crippen molar-refractivity contribution in [1.29, 1.82) is 5.26 Å². The number of hydrogen-bond acceptors (Lipinski definition) is 5. The van der Waals surface area contributed by atoms with E-state index in [9.17, 15) is 4.79 Å². The summed E-state index contributed by atoms with van der Waals surface area (Å²) in [4.78, 5) is 18.8. The van der Waals surface area contributed by atoms with Gasteiger partial charge in [-0.25, -0.2) is 4.98 Å². The smallest absolute Gasteiger partial charge is 0.263 e. The zero-order chi connectivity index (χ0) is 13.8. The molecule has 2 aromatic heterocycles. The van der Waals surface area contributed by atoms with Crippen LogP contribution in [0, 0.1) is 11.3 Å². The average Bonchev–Trinajstić information content (AvgIpc) is 2.83. The molecular formula is C13H15N3O2S. The Hall–Kier alpha value is -1.71. The third-order valence-corrected chi connectivity index (χ3v) is 4.06. The molecule has 0 spiro atoms. The molecule has 0 aliphatic rings. The van der Waals surface area contributed by atoms with Gasteiger partial charge in [-0.15, -0.1) is 11.3 Å². The second-order valence-corrected chi connectivity index (χ2v) is 5.22. The Bertz CT molecular complexity index is 681. The molecule has 5 nitrogen and oxygen atoms in total. The quantitative estimate of drug-likeness (QED) is 0.834. The van der Waals surface area contributed by atoms with E-state index in [4.69, 9.17) is 10.00 Å². The molecule has 19 heavy (non-hydrogen) atoms. The number of fused-ring (bicyclic) bond motifs is 1. The van der Waals surface area contributed by atoms with Gasteiger partial charge in [-0.05, 0) is 12.5 Å². The second kappa shape index (κ2) is 5.95. The van der Waals surface area contributed by atoms with Crippen LogP contribution < -0.4 is 5.56 Å². The van der Waals surface area contributed by atoms with Crippen LogP contribution in [-0.4, -0.2) is 23.3 Å². The predicted molar refractivity (Wildman–Crippen MR) is 74.5 cm³/mol. The van der Waals surface area contributed by atoms with Crippen molar-refractivity contribution in [1.82, 2.24) is 9.55 Å². The molecule has 2 aromatic rings. The monoisotopic (exact) mass is 277 g/mol. The van der Waals surface area contributed by atoms with Crippen molar-refractivity contribution in [2.45, 2.75) is 26.3 Å². The molecule has 2 rings (SSSR count). The number of aromatic nitrogens is 2. The van der Waals surface area contributed by atoms with Crippen LogP contribution in [-0.2, 0) is 24.1 Å². The van der Waals surface area contributed by atoms with Crippen molar-refractivity contribution in [2.75, 3.05) is 13.7 Å². The molecular weight excluding hydrogens is 262 g/mol. The maximum Gasteiger partial charge on any atom is 0.263 e. The first-order chi connectivity index (χ1) is 9.21. The lowest BCUT2D eigenvalue weighted by Crippen LogP contribution is -2.25. The normalized spacial score (nSPS) is 10.8. The van der Waals surface area contributed by atoms with E-state index < -0.39 is 0 Å². The second-order valence-electron chi connectivity index (χ2n) is 4.11. The van der Waals surface area contributed by atoms with Crippen LogP contribution in [0.1, 0.15) is 17.6 Å². The number of hydrogen-bond donors (Lipinski definition) is 0. The minimum atomic E-state index is -0.131. The van der Waals surface area contributed by atoms with Gasteiger partial charge >= 0.3 is 0 Å². The first-order valence-electron chi connectivity index (χ1n) is 6.09. The minimum absolute atomic E-state index is 0.0259. The highest BCUT2D eigenvalue weighted by Crippen LogP contribution is 2.22. The van der Waals surface area contributed by atoms with E-state index in [1.165, 1.54) is 15.9 Å². The van der Waals surface area contributed by atoms with E-state index in [0.717, 1.165) is 16.1 Å². The van der Waals surface area contributed by atoms with Gasteiger partial charge in [0, 0.05) is 18.4 Å². The number of methoxy groups -OCH3 is 1. The molecule has 0 atom stereocenters. The molecule has 0 bridgehead atoms. The largest absolute Gasteiger partial charge is 0.384 e. The third-order valence-electron chi connectivity index (χ3n) is 2.89. The van der Waals surface area contributed by atoms with Crippen LogP contribution >= 0.6 is 11.3 Å². The van der Waals surface area contributed by atoms with Gasteiger partial charge in [-0.3, -0.25) is 9.36 Å². The summed E-state index contributed by atoms with van der Waals surface area (Å²) >= 11 is 1.54. The highest BCUT2D eigenvalue weighted by Gasteiger charge is 2.13. The van der Waals surface area contributed by atoms with Crippen LogP contribution in [0.25, 0.3) is 10.2 Å². The van der Waals surface area contributed by atoms with Gasteiger partial charge in [0.25, 0.3) is 5.56 Å². The van der Waals surface area contributed by atoms with Crippen LogP contribution in [0.15, 0.2) is 10.9 Å². The first kappa shape index (κ1) is 13.7. The Morgan fingerprint density at radius 1 is 1.58 bits per heavy atom. The lowest BCUT2D eigenvalue weighted by atomic mass is 10.3. The molecule has 0 amide bonds. The zero-order valence-corrected chi connectivity index (χ0v) is 11.8. The number of nitriles is 1. The van der Waals surface area contributed by atoms with Gasteiger partial charge in [0.1, 0.15) is 17.2 Å². The van der Waals surface area contributed by atoms with Crippen LogP contribution in [0.3, 0.4) is 0 Å². The summed E-state index contributed by atoms with van der Waals surface area (Å²) in [6, 6.07) is 3.89. The predicted octanol–water partition coefficient (Wildman–Crippen LogP) is 1.73. The summed E-state index contributed by atoms with van der Waals surface area (Å²) in [6.45, 7) is 2.55. The number of ether oxygens (including phenoxy) is 1.